The van der Waals surface area contributed by atoms with E-state index in [0.29, 0.717) is 12.8 Å². The number of carbonyl (C=O) groups is 5. The van der Waals surface area contributed by atoms with Gasteiger partial charge in [0.15, 0.2) is 0 Å². The third kappa shape index (κ3) is 15.8. The number of nitrogens with one attached hydrogen (secondary N) is 3. The van der Waals surface area contributed by atoms with Gasteiger partial charge in [-0.2, -0.15) is 13.2 Å². The lowest BCUT2D eigenvalue weighted by atomic mass is 10.1. The molecule has 33 heavy (non-hydrogen) atoms. The number of ether oxygens (including phenoxy) is 2. The fraction of sp³-hybridized carbons (Fsp3) is 0.625. The monoisotopic (exact) mass is 487 g/mol. The predicted octanol–water partition coefficient (Wildman–Crippen LogP) is -0.470. The number of hydrogen-bond acceptors (Lipinski definition) is 8. The second-order valence-electron chi connectivity index (χ2n) is 6.11. The van der Waals surface area contributed by atoms with Gasteiger partial charge in [0, 0.05) is 19.5 Å². The summed E-state index contributed by atoms with van der Waals surface area (Å²) in [6, 6.07) is -1.14. The molecule has 0 rings (SSSR count). The molecule has 0 aromatic rings. The molecule has 14 nitrogen and oxygen atoms in total. The van der Waals surface area contributed by atoms with Crippen LogP contribution in [0.15, 0.2) is 4.99 Å². The van der Waals surface area contributed by atoms with E-state index >= 15 is 0 Å². The largest absolute Gasteiger partial charge is 0.490 e. The Morgan fingerprint density at radius 2 is 1.55 bits per heavy atom. The lowest BCUT2D eigenvalue weighted by Crippen LogP contribution is -2.41. The Bertz CT molecular complexity index is 731. The Morgan fingerprint density at radius 1 is 0.970 bits per heavy atom. The molecule has 17 heteroatoms. The minimum absolute atomic E-state index is 0.0235. The van der Waals surface area contributed by atoms with Crippen molar-refractivity contribution in [2.75, 3.05) is 26.3 Å². The van der Waals surface area contributed by atoms with Gasteiger partial charge in [-0.25, -0.2) is 14.4 Å². The highest BCUT2D eigenvalue weighted by Crippen LogP contribution is 2.16. The topological polar surface area (TPSA) is 219 Å². The Morgan fingerprint density at radius 3 is 2.09 bits per heavy atom. The quantitative estimate of drug-likeness (QED) is 0.0894. The summed E-state index contributed by atoms with van der Waals surface area (Å²) in [6.07, 6.45) is -7.40. The molecule has 0 aromatic carbocycles. The van der Waals surface area contributed by atoms with E-state index in [4.69, 9.17) is 15.9 Å². The highest BCUT2D eigenvalue weighted by molar-refractivity contribution is 5.98. The highest BCUT2D eigenvalue weighted by atomic mass is 19.4. The summed E-state index contributed by atoms with van der Waals surface area (Å²) in [5, 5.41) is 24.2. The van der Waals surface area contributed by atoms with Gasteiger partial charge in [-0.1, -0.05) is 0 Å². The maximum absolute atomic E-state index is 11.9. The van der Waals surface area contributed by atoms with Gasteiger partial charge < -0.3 is 36.1 Å². The first-order valence-electron chi connectivity index (χ1n) is 9.31. The van der Waals surface area contributed by atoms with Gasteiger partial charge in [-0.05, 0) is 19.3 Å². The number of guanidine groups is 1. The minimum Gasteiger partial charge on any atom is -0.480 e. The summed E-state index contributed by atoms with van der Waals surface area (Å²) in [7, 11) is 0. The van der Waals surface area contributed by atoms with Gasteiger partial charge >= 0.3 is 30.3 Å². The average Bonchev–Trinajstić information content (AvgIpc) is 2.70. The maximum atomic E-state index is 11.9. The van der Waals surface area contributed by atoms with Crippen LogP contribution in [-0.2, 0) is 23.9 Å². The number of amides is 3. The van der Waals surface area contributed by atoms with Crippen LogP contribution in [0.5, 0.6) is 0 Å². The van der Waals surface area contributed by atoms with Crippen molar-refractivity contribution in [3.05, 3.63) is 0 Å². The number of carbonyl (C=O) groups excluding carboxylic acids is 3. The van der Waals surface area contributed by atoms with Crippen molar-refractivity contribution in [3.8, 4) is 0 Å². The summed E-state index contributed by atoms with van der Waals surface area (Å²) in [4.78, 5) is 58.1. The molecule has 0 aliphatic heterocycles. The normalized spacial score (nSPS) is 12.3. The Hall–Kier alpha value is -3.63. The Kier molecular flexibility index (Phi) is 13.5. The van der Waals surface area contributed by atoms with Gasteiger partial charge in [0.2, 0.25) is 11.9 Å². The SMILES string of the molecule is NC(CCC(=O)NCCCCN/C(=N\C(=O)OCCOC(=O)C(F)(F)F)NC(=O)O)C(=O)O. The molecule has 0 bridgehead atoms. The number of hydrogen-bond donors (Lipinski definition) is 6. The van der Waals surface area contributed by atoms with Crippen molar-refractivity contribution in [3.63, 3.8) is 0 Å². The van der Waals surface area contributed by atoms with Crippen LogP contribution in [0.1, 0.15) is 25.7 Å². The van der Waals surface area contributed by atoms with Gasteiger partial charge in [-0.15, -0.1) is 4.99 Å². The molecule has 0 aliphatic rings. The van der Waals surface area contributed by atoms with Crippen LogP contribution in [0.25, 0.3) is 0 Å². The molecule has 3 amide bonds. The fourth-order valence-electron chi connectivity index (χ4n) is 1.86. The first-order valence-corrected chi connectivity index (χ1v) is 9.31. The van der Waals surface area contributed by atoms with Crippen molar-refractivity contribution >= 4 is 36.0 Å². The number of unbranched alkanes of at least 4 members (excludes halogenated alkanes) is 1. The zero-order valence-electron chi connectivity index (χ0n) is 17.1. The Labute approximate surface area is 184 Å². The number of nitrogens with zero attached hydrogens (tertiary/aromatic N) is 1. The number of nitrogens with two attached hydrogens (primary N) is 1. The van der Waals surface area contributed by atoms with E-state index in [9.17, 15) is 37.1 Å². The molecule has 0 saturated carbocycles. The number of halogens is 3. The lowest BCUT2D eigenvalue weighted by Gasteiger charge is -2.10. The highest BCUT2D eigenvalue weighted by Gasteiger charge is 2.40. The van der Waals surface area contributed by atoms with Gasteiger partial charge in [0.25, 0.3) is 0 Å². The van der Waals surface area contributed by atoms with Gasteiger partial charge in [0.1, 0.15) is 19.3 Å². The molecule has 188 valence electrons. The minimum atomic E-state index is -5.19. The zero-order chi connectivity index (χ0) is 25.4. The number of aliphatic carboxylic acids is 1. The van der Waals surface area contributed by atoms with Crippen LogP contribution in [-0.4, -0.2) is 84.7 Å². The van der Waals surface area contributed by atoms with E-state index < -0.39 is 61.4 Å². The van der Waals surface area contributed by atoms with E-state index in [1.54, 1.807) is 5.32 Å². The first-order chi connectivity index (χ1) is 15.3. The standard InChI is InChI=1S/C16H24F3N5O9/c17-16(18,19)12(28)32-7-8-33-15(31)24-13(23-14(29)30)22-6-2-1-5-21-10(25)4-3-9(20)11(26)27/h9H,1-8,20H2,(H,21,25)(H,26,27)(H,29,30)(H2,22,23,24,31). The summed E-state index contributed by atoms with van der Waals surface area (Å²) < 4.78 is 44.0. The fourth-order valence-corrected chi connectivity index (χ4v) is 1.86. The summed E-state index contributed by atoms with van der Waals surface area (Å²) in [5.41, 5.74) is 5.28. The van der Waals surface area contributed by atoms with Crippen molar-refractivity contribution in [1.29, 1.82) is 0 Å². The van der Waals surface area contributed by atoms with Gasteiger partial charge in [-0.3, -0.25) is 14.9 Å². The average molecular weight is 487 g/mol. The molecule has 1 atom stereocenters. The molecular weight excluding hydrogens is 463 g/mol. The van der Waals surface area contributed by atoms with E-state index in [-0.39, 0.29) is 25.9 Å². The molecule has 0 radical (unpaired) electrons. The maximum Gasteiger partial charge on any atom is 0.490 e. The van der Waals surface area contributed by atoms with Crippen molar-refractivity contribution in [2.45, 2.75) is 37.9 Å². The van der Waals surface area contributed by atoms with Crippen LogP contribution in [0, 0.1) is 0 Å². The van der Waals surface area contributed by atoms with E-state index in [2.05, 4.69) is 25.1 Å². The number of carboxylic acid groups (broad SMARTS) is 2. The molecular formula is C16H24F3N5O9. The molecule has 7 N–H and O–H groups in total. The molecule has 0 saturated heterocycles. The van der Waals surface area contributed by atoms with Crippen LogP contribution in [0.3, 0.4) is 0 Å². The number of aliphatic imine (C=N–C) groups is 1. The van der Waals surface area contributed by atoms with Crippen molar-refractivity contribution < 1.29 is 56.8 Å². The van der Waals surface area contributed by atoms with Crippen LogP contribution in [0.2, 0.25) is 0 Å². The molecule has 0 aromatic heterocycles. The summed E-state index contributed by atoms with van der Waals surface area (Å²) >= 11 is 0. The van der Waals surface area contributed by atoms with Crippen molar-refractivity contribution in [2.24, 2.45) is 10.7 Å². The molecule has 0 fully saturated rings. The van der Waals surface area contributed by atoms with Gasteiger partial charge in [0.05, 0.1) is 0 Å². The third-order valence-electron chi connectivity index (χ3n) is 3.42. The first kappa shape index (κ1) is 29.4. The Balaban J connectivity index is 4.23. The molecule has 0 spiro atoms. The number of alkyl halides is 3. The van der Waals surface area contributed by atoms with E-state index in [0.717, 1.165) is 0 Å². The smallest absolute Gasteiger partial charge is 0.480 e. The lowest BCUT2D eigenvalue weighted by molar-refractivity contribution is -0.200. The number of rotatable bonds is 12. The third-order valence-corrected chi connectivity index (χ3v) is 3.42. The second kappa shape index (κ2) is 15.2. The predicted molar refractivity (Wildman–Crippen MR) is 102 cm³/mol. The second-order valence-corrected chi connectivity index (χ2v) is 6.11. The van der Waals surface area contributed by atoms with Crippen molar-refractivity contribution in [1.82, 2.24) is 16.0 Å². The molecule has 0 heterocycles. The van der Waals surface area contributed by atoms with E-state index in [1.807, 2.05) is 0 Å². The molecule has 0 aliphatic carbocycles. The zero-order valence-corrected chi connectivity index (χ0v) is 17.1. The molecule has 1 unspecified atom stereocenters. The number of carboxylic acids is 1. The summed E-state index contributed by atoms with van der Waals surface area (Å²) in [5.74, 6) is -4.59. The number of esters is 1. The van der Waals surface area contributed by atoms with Crippen LogP contribution >= 0.6 is 0 Å². The van der Waals surface area contributed by atoms with E-state index in [1.165, 1.54) is 0 Å². The van der Waals surface area contributed by atoms with Crippen LogP contribution < -0.4 is 21.7 Å². The van der Waals surface area contributed by atoms with Crippen LogP contribution in [0.4, 0.5) is 22.8 Å². The summed E-state index contributed by atoms with van der Waals surface area (Å²) in [6.45, 7) is -1.29.